The molecule has 0 radical (unpaired) electrons. The van der Waals surface area contributed by atoms with Crippen LogP contribution in [0.1, 0.15) is 10.4 Å². The van der Waals surface area contributed by atoms with E-state index in [1.165, 1.54) is 0 Å². The molecule has 0 unspecified atom stereocenters. The van der Waals surface area contributed by atoms with Gasteiger partial charge in [-0.15, -0.1) is 0 Å². The standard InChI is InChI=1S/C22H21ClN6O2/c1-28-6-8-29(9-7-28)22(31)12-10-13-17(11-14(12)23)26-19(18(13)24)20-21(30)27-16-5-3-2-4-15(16)25-20/h2-5,10-11,26H,6-9,24H2,1H3,(H,27,30). The number of carbonyl (C=O) groups is 1. The maximum atomic E-state index is 13.1. The minimum atomic E-state index is -0.350. The van der Waals surface area contributed by atoms with Crippen LogP contribution >= 0.6 is 11.6 Å². The van der Waals surface area contributed by atoms with E-state index in [1.54, 1.807) is 23.1 Å². The van der Waals surface area contributed by atoms with Gasteiger partial charge in [0.15, 0.2) is 5.69 Å². The topological polar surface area (TPSA) is 111 Å². The smallest absolute Gasteiger partial charge is 0.276 e. The molecule has 1 fully saturated rings. The molecule has 4 N–H and O–H groups in total. The molecule has 31 heavy (non-hydrogen) atoms. The Balaban J connectivity index is 1.60. The number of hydrogen-bond donors (Lipinski definition) is 3. The molecule has 158 valence electrons. The van der Waals surface area contributed by atoms with Crippen LogP contribution in [0, 0.1) is 0 Å². The molecular formula is C22H21ClN6O2. The second kappa shape index (κ2) is 7.40. The molecule has 5 rings (SSSR count). The fourth-order valence-electron chi connectivity index (χ4n) is 3.97. The number of hydrogen-bond acceptors (Lipinski definition) is 5. The Bertz CT molecular complexity index is 1380. The minimum absolute atomic E-state index is 0.121. The number of H-pyrrole nitrogens is 2. The van der Waals surface area contributed by atoms with Crippen LogP contribution in [0.15, 0.2) is 41.2 Å². The molecule has 1 aliphatic heterocycles. The lowest BCUT2D eigenvalue weighted by atomic mass is 10.1. The predicted molar refractivity (Wildman–Crippen MR) is 122 cm³/mol. The van der Waals surface area contributed by atoms with Crippen molar-refractivity contribution < 1.29 is 4.79 Å². The first kappa shape index (κ1) is 19.6. The number of nitrogens with two attached hydrogens (primary N) is 1. The number of halogens is 1. The van der Waals surface area contributed by atoms with Crippen LogP contribution in [0.25, 0.3) is 33.3 Å². The zero-order valence-corrected chi connectivity index (χ0v) is 17.7. The number of rotatable bonds is 2. The number of aromatic nitrogens is 3. The van der Waals surface area contributed by atoms with Gasteiger partial charge in [0, 0.05) is 37.1 Å². The zero-order chi connectivity index (χ0) is 21.7. The van der Waals surface area contributed by atoms with Crippen LogP contribution < -0.4 is 11.3 Å². The molecule has 2 aromatic carbocycles. The summed E-state index contributed by atoms with van der Waals surface area (Å²) in [7, 11) is 2.03. The zero-order valence-electron chi connectivity index (χ0n) is 16.9. The molecule has 1 amide bonds. The first-order valence-corrected chi connectivity index (χ1v) is 10.4. The van der Waals surface area contributed by atoms with Crippen molar-refractivity contribution in [1.82, 2.24) is 24.8 Å². The van der Waals surface area contributed by atoms with Gasteiger partial charge in [-0.3, -0.25) is 9.59 Å². The third-order valence-corrected chi connectivity index (χ3v) is 6.10. The van der Waals surface area contributed by atoms with E-state index in [1.807, 2.05) is 25.2 Å². The lowest BCUT2D eigenvalue weighted by Crippen LogP contribution is -2.47. The normalized spacial score (nSPS) is 15.1. The number of aromatic amines is 2. The van der Waals surface area contributed by atoms with E-state index in [-0.39, 0.29) is 17.2 Å². The summed E-state index contributed by atoms with van der Waals surface area (Å²) in [6.45, 7) is 2.93. The molecular weight excluding hydrogens is 416 g/mol. The first-order valence-electron chi connectivity index (χ1n) is 10.0. The number of likely N-dealkylation sites (N-methyl/N-ethyl adjacent to an activating group) is 1. The van der Waals surface area contributed by atoms with Crippen LogP contribution in [-0.4, -0.2) is 63.9 Å². The van der Waals surface area contributed by atoms with Gasteiger partial charge >= 0.3 is 0 Å². The molecule has 0 aliphatic carbocycles. The number of carbonyl (C=O) groups excluding carboxylic acids is 1. The van der Waals surface area contributed by atoms with Crippen molar-refractivity contribution in [3.8, 4) is 11.4 Å². The maximum absolute atomic E-state index is 13.1. The molecule has 8 nitrogen and oxygen atoms in total. The number of fused-ring (bicyclic) bond motifs is 2. The van der Waals surface area contributed by atoms with Crippen molar-refractivity contribution in [2.24, 2.45) is 0 Å². The maximum Gasteiger partial charge on any atom is 0.276 e. The van der Waals surface area contributed by atoms with Crippen molar-refractivity contribution in [2.45, 2.75) is 0 Å². The van der Waals surface area contributed by atoms with Gasteiger partial charge in [0.2, 0.25) is 0 Å². The van der Waals surface area contributed by atoms with E-state index in [9.17, 15) is 9.59 Å². The largest absolute Gasteiger partial charge is 0.396 e. The molecule has 0 spiro atoms. The van der Waals surface area contributed by atoms with Gasteiger partial charge < -0.3 is 25.5 Å². The highest BCUT2D eigenvalue weighted by molar-refractivity contribution is 6.35. The summed E-state index contributed by atoms with van der Waals surface area (Å²) in [5.74, 6) is -0.121. The van der Waals surface area contributed by atoms with E-state index in [0.29, 0.717) is 57.0 Å². The quantitative estimate of drug-likeness (QED) is 0.447. The number of nitrogen functional groups attached to an aromatic ring is 1. The second-order valence-electron chi connectivity index (χ2n) is 7.82. The first-order chi connectivity index (χ1) is 14.9. The Morgan fingerprint density at radius 3 is 2.61 bits per heavy atom. The van der Waals surface area contributed by atoms with Crippen LogP contribution in [0.3, 0.4) is 0 Å². The van der Waals surface area contributed by atoms with E-state index in [4.69, 9.17) is 17.3 Å². The summed E-state index contributed by atoms with van der Waals surface area (Å²) in [4.78, 5) is 40.2. The average Bonchev–Trinajstić information content (AvgIpc) is 3.07. The third kappa shape index (κ3) is 3.34. The van der Waals surface area contributed by atoms with Crippen LogP contribution in [0.2, 0.25) is 5.02 Å². The van der Waals surface area contributed by atoms with Crippen molar-refractivity contribution >= 4 is 45.1 Å². The Morgan fingerprint density at radius 2 is 1.84 bits per heavy atom. The number of benzene rings is 2. The molecule has 9 heteroatoms. The number of para-hydroxylation sites is 2. The highest BCUT2D eigenvalue weighted by Crippen LogP contribution is 2.34. The average molecular weight is 437 g/mol. The summed E-state index contributed by atoms with van der Waals surface area (Å²) in [5, 5.41) is 0.968. The Morgan fingerprint density at radius 1 is 1.10 bits per heavy atom. The summed E-state index contributed by atoms with van der Waals surface area (Å²) < 4.78 is 0. The van der Waals surface area contributed by atoms with E-state index in [0.717, 1.165) is 13.1 Å². The fourth-order valence-corrected chi connectivity index (χ4v) is 4.21. The highest BCUT2D eigenvalue weighted by Gasteiger charge is 2.24. The van der Waals surface area contributed by atoms with Crippen LogP contribution in [0.4, 0.5) is 5.69 Å². The van der Waals surface area contributed by atoms with Crippen LogP contribution in [-0.2, 0) is 0 Å². The predicted octanol–water partition coefficient (Wildman–Crippen LogP) is 2.69. The molecule has 2 aromatic heterocycles. The summed E-state index contributed by atoms with van der Waals surface area (Å²) in [5.41, 5.74) is 9.34. The van der Waals surface area contributed by atoms with Gasteiger partial charge in [-0.2, -0.15) is 0 Å². The lowest BCUT2D eigenvalue weighted by Gasteiger charge is -2.32. The summed E-state index contributed by atoms with van der Waals surface area (Å²) in [6, 6.07) is 10.7. The van der Waals surface area contributed by atoms with Crippen LogP contribution in [0.5, 0.6) is 0 Å². The number of piperazine rings is 1. The van der Waals surface area contributed by atoms with Crippen molar-refractivity contribution in [3.63, 3.8) is 0 Å². The molecule has 4 aromatic rings. The number of anilines is 1. The minimum Gasteiger partial charge on any atom is -0.396 e. The molecule has 0 bridgehead atoms. The SMILES string of the molecule is CN1CCN(C(=O)c2cc3c(N)c(-c4nc5ccccc5[nH]c4=O)[nH]c3cc2Cl)CC1. The van der Waals surface area contributed by atoms with E-state index >= 15 is 0 Å². The monoisotopic (exact) mass is 436 g/mol. The van der Waals surface area contributed by atoms with E-state index in [2.05, 4.69) is 19.9 Å². The number of amides is 1. The van der Waals surface area contributed by atoms with E-state index < -0.39 is 0 Å². The van der Waals surface area contributed by atoms with Gasteiger partial charge in [-0.05, 0) is 31.3 Å². The van der Waals surface area contributed by atoms with Crippen molar-refractivity contribution in [3.05, 3.63) is 57.3 Å². The van der Waals surface area contributed by atoms with Gasteiger partial charge in [0.25, 0.3) is 11.5 Å². The Kier molecular flexibility index (Phi) is 4.68. The molecule has 1 saturated heterocycles. The fraction of sp³-hybridized carbons (Fsp3) is 0.227. The second-order valence-corrected chi connectivity index (χ2v) is 8.23. The van der Waals surface area contributed by atoms with Gasteiger partial charge in [-0.25, -0.2) is 4.98 Å². The third-order valence-electron chi connectivity index (χ3n) is 5.78. The molecule has 3 heterocycles. The Labute approximate surface area is 182 Å². The lowest BCUT2D eigenvalue weighted by molar-refractivity contribution is 0.0664. The van der Waals surface area contributed by atoms with Gasteiger partial charge in [0.05, 0.1) is 33.0 Å². The van der Waals surface area contributed by atoms with Gasteiger partial charge in [0.1, 0.15) is 0 Å². The summed E-state index contributed by atoms with van der Waals surface area (Å²) >= 11 is 6.46. The van der Waals surface area contributed by atoms with Crippen molar-refractivity contribution in [2.75, 3.05) is 39.0 Å². The van der Waals surface area contributed by atoms with Crippen molar-refractivity contribution in [1.29, 1.82) is 0 Å². The number of nitrogens with zero attached hydrogens (tertiary/aromatic N) is 3. The number of nitrogens with one attached hydrogen (secondary N) is 2. The Hall–Kier alpha value is -3.36. The summed E-state index contributed by atoms with van der Waals surface area (Å²) in [6.07, 6.45) is 0. The molecule has 0 saturated carbocycles. The molecule has 1 aliphatic rings. The molecule has 0 atom stereocenters. The van der Waals surface area contributed by atoms with Gasteiger partial charge in [-0.1, -0.05) is 23.7 Å². The highest BCUT2D eigenvalue weighted by atomic mass is 35.5.